The van der Waals surface area contributed by atoms with Gasteiger partial charge in [0.1, 0.15) is 5.82 Å². The second kappa shape index (κ2) is 7.77. The van der Waals surface area contributed by atoms with Gasteiger partial charge in [-0.05, 0) is 17.7 Å². The number of halogens is 4. The maximum Gasteiger partial charge on any atom is 0.419 e. The van der Waals surface area contributed by atoms with E-state index in [0.717, 1.165) is 20.3 Å². The summed E-state index contributed by atoms with van der Waals surface area (Å²) in [7, 11) is 2.04. The molecule has 9 heteroatoms. The van der Waals surface area contributed by atoms with Crippen molar-refractivity contribution in [3.05, 3.63) is 35.1 Å². The van der Waals surface area contributed by atoms with Gasteiger partial charge in [0, 0.05) is 5.92 Å². The Morgan fingerprint density at radius 2 is 1.88 bits per heavy atom. The third-order valence-electron chi connectivity index (χ3n) is 3.33. The van der Waals surface area contributed by atoms with Gasteiger partial charge in [-0.2, -0.15) is 18.4 Å². The predicted molar refractivity (Wildman–Crippen MR) is 71.9 cm³/mol. The van der Waals surface area contributed by atoms with Crippen LogP contribution in [0.4, 0.5) is 17.6 Å². The van der Waals surface area contributed by atoms with E-state index < -0.39 is 47.8 Å². The van der Waals surface area contributed by atoms with Crippen LogP contribution in [0.25, 0.3) is 0 Å². The van der Waals surface area contributed by atoms with E-state index in [4.69, 9.17) is 5.26 Å². The van der Waals surface area contributed by atoms with Crippen molar-refractivity contribution in [3.8, 4) is 6.07 Å². The Kier molecular flexibility index (Phi) is 6.28. The van der Waals surface area contributed by atoms with E-state index in [9.17, 15) is 27.2 Å². The highest BCUT2D eigenvalue weighted by Crippen LogP contribution is 2.36. The zero-order valence-electron chi connectivity index (χ0n) is 12.7. The molecule has 0 amide bonds. The van der Waals surface area contributed by atoms with Crippen LogP contribution in [0, 0.1) is 23.1 Å². The molecular weight excluding hydrogens is 334 g/mol. The molecule has 0 bridgehead atoms. The Balaban J connectivity index is 3.42. The molecule has 1 aromatic rings. The SMILES string of the molecule is COC(=O)CC(c1ccc(F)c(C(F)(F)F)c1)C(C#N)C(=O)OC. The van der Waals surface area contributed by atoms with Crippen molar-refractivity contribution in [1.82, 2.24) is 0 Å². The molecule has 0 aromatic heterocycles. The molecule has 1 rings (SSSR count). The second-order valence-corrected chi connectivity index (χ2v) is 4.75. The van der Waals surface area contributed by atoms with Crippen LogP contribution in [0.1, 0.15) is 23.5 Å². The first-order valence-electron chi connectivity index (χ1n) is 6.56. The lowest BCUT2D eigenvalue weighted by Crippen LogP contribution is -2.25. The highest BCUT2D eigenvalue weighted by Gasteiger charge is 2.37. The lowest BCUT2D eigenvalue weighted by Gasteiger charge is -2.21. The van der Waals surface area contributed by atoms with Crippen molar-refractivity contribution < 1.29 is 36.6 Å². The molecule has 24 heavy (non-hydrogen) atoms. The summed E-state index contributed by atoms with van der Waals surface area (Å²) in [6.45, 7) is 0. The Morgan fingerprint density at radius 1 is 1.25 bits per heavy atom. The van der Waals surface area contributed by atoms with Gasteiger partial charge in [0.15, 0.2) is 5.92 Å². The van der Waals surface area contributed by atoms with Gasteiger partial charge in [-0.3, -0.25) is 9.59 Å². The fourth-order valence-corrected chi connectivity index (χ4v) is 2.12. The van der Waals surface area contributed by atoms with Crippen molar-refractivity contribution in [1.29, 1.82) is 5.26 Å². The number of ether oxygens (including phenoxy) is 2. The number of hydrogen-bond donors (Lipinski definition) is 0. The molecule has 0 spiro atoms. The molecule has 0 fully saturated rings. The zero-order chi connectivity index (χ0) is 18.5. The Bertz CT molecular complexity index is 666. The minimum absolute atomic E-state index is 0.203. The first-order valence-corrected chi connectivity index (χ1v) is 6.56. The molecular formula is C15H13F4NO4. The van der Waals surface area contributed by atoms with E-state index in [0.29, 0.717) is 12.1 Å². The van der Waals surface area contributed by atoms with Gasteiger partial charge in [-0.1, -0.05) is 6.07 Å². The fraction of sp³-hybridized carbons (Fsp3) is 0.400. The molecule has 0 saturated carbocycles. The predicted octanol–water partition coefficient (Wildman–Crippen LogP) is 2.80. The lowest BCUT2D eigenvalue weighted by atomic mass is 9.83. The average Bonchev–Trinajstić information content (AvgIpc) is 2.53. The molecule has 130 valence electrons. The highest BCUT2D eigenvalue weighted by molar-refractivity contribution is 5.79. The molecule has 1 aromatic carbocycles. The van der Waals surface area contributed by atoms with Gasteiger partial charge in [0.2, 0.25) is 0 Å². The summed E-state index contributed by atoms with van der Waals surface area (Å²) < 4.78 is 60.8. The van der Waals surface area contributed by atoms with Gasteiger partial charge in [-0.15, -0.1) is 0 Å². The monoisotopic (exact) mass is 347 g/mol. The number of methoxy groups -OCH3 is 2. The van der Waals surface area contributed by atoms with Gasteiger partial charge in [0.25, 0.3) is 0 Å². The van der Waals surface area contributed by atoms with Crippen molar-refractivity contribution in [2.75, 3.05) is 14.2 Å². The summed E-state index contributed by atoms with van der Waals surface area (Å²) in [6, 6.07) is 3.61. The van der Waals surface area contributed by atoms with E-state index in [1.54, 1.807) is 6.07 Å². The Labute approximate surface area is 134 Å². The third kappa shape index (κ3) is 4.44. The fourth-order valence-electron chi connectivity index (χ4n) is 2.12. The minimum Gasteiger partial charge on any atom is -0.469 e. The quantitative estimate of drug-likeness (QED) is 0.605. The van der Waals surface area contributed by atoms with Gasteiger partial charge >= 0.3 is 18.1 Å². The number of nitrogens with zero attached hydrogens (tertiary/aromatic N) is 1. The minimum atomic E-state index is -4.97. The molecule has 0 aliphatic rings. The zero-order valence-corrected chi connectivity index (χ0v) is 12.7. The van der Waals surface area contributed by atoms with Crippen LogP contribution in [0.15, 0.2) is 18.2 Å². The number of nitriles is 1. The van der Waals surface area contributed by atoms with E-state index in [-0.39, 0.29) is 5.56 Å². The lowest BCUT2D eigenvalue weighted by molar-refractivity contribution is -0.145. The third-order valence-corrected chi connectivity index (χ3v) is 3.33. The molecule has 0 N–H and O–H groups in total. The van der Waals surface area contributed by atoms with E-state index in [2.05, 4.69) is 9.47 Å². The van der Waals surface area contributed by atoms with Gasteiger partial charge < -0.3 is 9.47 Å². The molecule has 0 aliphatic heterocycles. The normalized spacial score (nSPS) is 13.5. The smallest absolute Gasteiger partial charge is 0.419 e. The Hall–Kier alpha value is -2.63. The maximum atomic E-state index is 13.4. The van der Waals surface area contributed by atoms with E-state index in [1.165, 1.54) is 0 Å². The number of carbonyl (C=O) groups excluding carboxylic acids is 2. The summed E-state index contributed by atoms with van der Waals surface area (Å²) in [5.41, 5.74) is -1.76. The second-order valence-electron chi connectivity index (χ2n) is 4.75. The van der Waals surface area contributed by atoms with Gasteiger partial charge in [-0.25, -0.2) is 4.39 Å². The van der Waals surface area contributed by atoms with Crippen LogP contribution in [-0.2, 0) is 25.2 Å². The summed E-state index contributed by atoms with van der Waals surface area (Å²) >= 11 is 0. The van der Waals surface area contributed by atoms with Crippen LogP contribution in [-0.4, -0.2) is 26.2 Å². The molecule has 2 atom stereocenters. The van der Waals surface area contributed by atoms with Crippen molar-refractivity contribution in [2.45, 2.75) is 18.5 Å². The van der Waals surface area contributed by atoms with Crippen LogP contribution < -0.4 is 0 Å². The van der Waals surface area contributed by atoms with Gasteiger partial charge in [0.05, 0.1) is 32.3 Å². The maximum absolute atomic E-state index is 13.4. The van der Waals surface area contributed by atoms with Crippen molar-refractivity contribution >= 4 is 11.9 Å². The molecule has 0 radical (unpaired) electrons. The standard InChI is InChI=1S/C15H13F4NO4/c1-23-13(21)6-9(10(7-20)14(22)24-2)8-3-4-12(16)11(5-8)15(17,18)19/h3-5,9-10H,6H2,1-2H3. The largest absolute Gasteiger partial charge is 0.469 e. The number of hydrogen-bond acceptors (Lipinski definition) is 5. The van der Waals surface area contributed by atoms with E-state index >= 15 is 0 Å². The molecule has 0 saturated heterocycles. The molecule has 0 aliphatic carbocycles. The molecule has 5 nitrogen and oxygen atoms in total. The van der Waals surface area contributed by atoms with Crippen LogP contribution in [0.3, 0.4) is 0 Å². The number of alkyl halides is 3. The number of esters is 2. The summed E-state index contributed by atoms with van der Waals surface area (Å²) in [5.74, 6) is -6.21. The number of rotatable bonds is 5. The van der Waals surface area contributed by atoms with Crippen LogP contribution in [0.2, 0.25) is 0 Å². The first kappa shape index (κ1) is 19.4. The summed E-state index contributed by atoms with van der Waals surface area (Å²) in [5, 5.41) is 9.13. The number of carbonyl (C=O) groups is 2. The Morgan fingerprint density at radius 3 is 2.33 bits per heavy atom. The van der Waals surface area contributed by atoms with Crippen molar-refractivity contribution in [3.63, 3.8) is 0 Å². The van der Waals surface area contributed by atoms with Crippen molar-refractivity contribution in [2.24, 2.45) is 5.92 Å². The number of benzene rings is 1. The topological polar surface area (TPSA) is 76.4 Å². The van der Waals surface area contributed by atoms with Crippen LogP contribution >= 0.6 is 0 Å². The highest BCUT2D eigenvalue weighted by atomic mass is 19.4. The molecule has 0 heterocycles. The molecule has 2 unspecified atom stereocenters. The van der Waals surface area contributed by atoms with E-state index in [1.807, 2.05) is 0 Å². The average molecular weight is 347 g/mol. The first-order chi connectivity index (χ1) is 11.1. The summed E-state index contributed by atoms with van der Waals surface area (Å²) in [6.07, 6.45) is -5.52. The summed E-state index contributed by atoms with van der Waals surface area (Å²) in [4.78, 5) is 23.2. The van der Waals surface area contributed by atoms with Crippen LogP contribution in [0.5, 0.6) is 0 Å².